The normalized spacial score (nSPS) is 12.3. The first-order chi connectivity index (χ1) is 16.8. The molecule has 3 aromatic carbocycles. The predicted octanol–water partition coefficient (Wildman–Crippen LogP) is 6.29. The Bertz CT molecular complexity index is 1460. The molecule has 0 fully saturated rings. The van der Waals surface area contributed by atoms with Gasteiger partial charge in [0, 0.05) is 16.7 Å². The number of halogens is 1. The molecular formula is C30H34FN3O2. The molecule has 0 amide bonds. The van der Waals surface area contributed by atoms with E-state index in [0.717, 1.165) is 27.7 Å². The second kappa shape index (κ2) is 9.08. The molecule has 0 aliphatic heterocycles. The highest BCUT2D eigenvalue weighted by molar-refractivity contribution is 5.97. The summed E-state index contributed by atoms with van der Waals surface area (Å²) in [6.07, 6.45) is 0. The topological polar surface area (TPSA) is 71.0 Å². The first-order valence-corrected chi connectivity index (χ1v) is 12.2. The maximum atomic E-state index is 13.6. The number of ketones is 1. The third-order valence-electron chi connectivity index (χ3n) is 6.58. The zero-order valence-electron chi connectivity index (χ0n) is 21.8. The minimum Gasteiger partial charge on any atom is -0.507 e. The lowest BCUT2D eigenvalue weighted by Crippen LogP contribution is -2.28. The molecule has 0 unspecified atom stereocenters. The summed E-state index contributed by atoms with van der Waals surface area (Å²) in [5.41, 5.74) is 3.96. The van der Waals surface area contributed by atoms with Crippen LogP contribution in [0, 0.1) is 11.2 Å². The van der Waals surface area contributed by atoms with Gasteiger partial charge in [-0.3, -0.25) is 10.2 Å². The molecule has 4 aromatic rings. The number of hydrogen-bond donors (Lipinski definition) is 2. The number of phenolic OH excluding ortho intramolecular Hbond substituents is 1. The number of rotatable bonds is 5. The average molecular weight is 488 g/mol. The van der Waals surface area contributed by atoms with E-state index in [0.29, 0.717) is 12.1 Å². The largest absolute Gasteiger partial charge is 0.507 e. The molecule has 5 nitrogen and oxygen atoms in total. The lowest BCUT2D eigenvalue weighted by molar-refractivity contribution is 0.0971. The second-order valence-electron chi connectivity index (χ2n) is 11.5. The third-order valence-corrected chi connectivity index (χ3v) is 6.58. The summed E-state index contributed by atoms with van der Waals surface area (Å²) in [6.45, 7) is 12.5. The van der Waals surface area contributed by atoms with Crippen molar-refractivity contribution in [1.82, 2.24) is 9.13 Å². The van der Waals surface area contributed by atoms with Crippen LogP contribution in [0.3, 0.4) is 0 Å². The van der Waals surface area contributed by atoms with E-state index in [-0.39, 0.29) is 40.3 Å². The van der Waals surface area contributed by atoms with E-state index < -0.39 is 0 Å². The molecule has 0 atom stereocenters. The Labute approximate surface area is 211 Å². The minimum atomic E-state index is -0.348. The highest BCUT2D eigenvalue weighted by atomic mass is 19.1. The molecule has 2 N–H and O–H groups in total. The Morgan fingerprint density at radius 1 is 0.861 bits per heavy atom. The van der Waals surface area contributed by atoms with E-state index in [1.807, 2.05) is 70.4 Å². The summed E-state index contributed by atoms with van der Waals surface area (Å²) in [4.78, 5) is 13.6. The van der Waals surface area contributed by atoms with E-state index in [1.165, 1.54) is 12.1 Å². The first kappa shape index (κ1) is 25.4. The maximum absolute atomic E-state index is 13.6. The molecule has 0 aliphatic rings. The number of nitrogens with one attached hydrogen (secondary N) is 1. The van der Waals surface area contributed by atoms with Crippen LogP contribution in [0.25, 0.3) is 11.0 Å². The van der Waals surface area contributed by atoms with Crippen LogP contribution in [0.4, 0.5) is 4.39 Å². The standard InChI is InChI=1S/C30H34FN3O2/c1-29(2,3)22-15-20(16-23(27(22)36)30(4,5)6)26(35)18-34-25-10-8-7-9-24(25)33(28(34)32)17-19-11-13-21(31)14-12-19/h7-16,32,36H,17-18H2,1-6H3. The molecule has 1 heterocycles. The quantitative estimate of drug-likeness (QED) is 0.325. The van der Waals surface area contributed by atoms with Gasteiger partial charge in [0.1, 0.15) is 11.6 Å². The summed E-state index contributed by atoms with van der Waals surface area (Å²) in [5.74, 6) is -0.202. The SMILES string of the molecule is CC(C)(C)c1cc(C(=O)Cn2c(=N)n(Cc3ccc(F)cc3)c3ccccc32)cc(C(C)(C)C)c1O. The van der Waals surface area contributed by atoms with Crippen LogP contribution in [-0.2, 0) is 23.9 Å². The number of aromatic hydroxyl groups is 1. The number of carbonyl (C=O) groups is 1. The lowest BCUT2D eigenvalue weighted by Gasteiger charge is -2.28. The van der Waals surface area contributed by atoms with E-state index in [1.54, 1.807) is 28.8 Å². The summed E-state index contributed by atoms with van der Waals surface area (Å²) in [6, 6.07) is 17.4. The van der Waals surface area contributed by atoms with Crippen molar-refractivity contribution in [2.45, 2.75) is 65.5 Å². The van der Waals surface area contributed by atoms with Crippen molar-refractivity contribution in [2.24, 2.45) is 0 Å². The van der Waals surface area contributed by atoms with E-state index in [4.69, 9.17) is 5.41 Å². The van der Waals surface area contributed by atoms with Crippen LogP contribution in [0.15, 0.2) is 60.7 Å². The van der Waals surface area contributed by atoms with Gasteiger partial charge in [0.2, 0.25) is 5.62 Å². The summed E-state index contributed by atoms with van der Waals surface area (Å²) >= 11 is 0. The molecule has 0 bridgehead atoms. The molecule has 0 saturated heterocycles. The van der Waals surface area contributed by atoms with Gasteiger partial charge in [0.05, 0.1) is 24.1 Å². The zero-order chi connectivity index (χ0) is 26.4. The van der Waals surface area contributed by atoms with Crippen molar-refractivity contribution in [3.63, 3.8) is 0 Å². The van der Waals surface area contributed by atoms with Crippen LogP contribution >= 0.6 is 0 Å². The predicted molar refractivity (Wildman–Crippen MR) is 141 cm³/mol. The minimum absolute atomic E-state index is 0.00624. The van der Waals surface area contributed by atoms with Crippen molar-refractivity contribution in [2.75, 3.05) is 0 Å². The molecule has 36 heavy (non-hydrogen) atoms. The molecular weight excluding hydrogens is 453 g/mol. The molecule has 6 heteroatoms. The monoisotopic (exact) mass is 487 g/mol. The van der Waals surface area contributed by atoms with Gasteiger partial charge in [-0.05, 0) is 52.8 Å². The van der Waals surface area contributed by atoms with Crippen molar-refractivity contribution in [3.8, 4) is 5.75 Å². The van der Waals surface area contributed by atoms with Crippen LogP contribution in [-0.4, -0.2) is 20.0 Å². The van der Waals surface area contributed by atoms with Crippen LogP contribution < -0.4 is 5.62 Å². The van der Waals surface area contributed by atoms with Gasteiger partial charge in [-0.15, -0.1) is 0 Å². The van der Waals surface area contributed by atoms with Gasteiger partial charge < -0.3 is 14.2 Å². The lowest BCUT2D eigenvalue weighted by atomic mass is 9.78. The van der Waals surface area contributed by atoms with Gasteiger partial charge in [-0.25, -0.2) is 4.39 Å². The summed E-state index contributed by atoms with van der Waals surface area (Å²) in [5, 5.41) is 19.9. The summed E-state index contributed by atoms with van der Waals surface area (Å²) in [7, 11) is 0. The maximum Gasteiger partial charge on any atom is 0.203 e. The Kier molecular flexibility index (Phi) is 6.41. The summed E-state index contributed by atoms with van der Waals surface area (Å²) < 4.78 is 16.9. The number of carbonyl (C=O) groups excluding carboxylic acids is 1. The van der Waals surface area contributed by atoms with Gasteiger partial charge >= 0.3 is 0 Å². The molecule has 0 radical (unpaired) electrons. The van der Waals surface area contributed by atoms with Crippen molar-refractivity contribution in [1.29, 1.82) is 5.41 Å². The molecule has 1 aromatic heterocycles. The smallest absolute Gasteiger partial charge is 0.203 e. The number of hydrogen-bond acceptors (Lipinski definition) is 3. The fourth-order valence-electron chi connectivity index (χ4n) is 4.56. The molecule has 4 rings (SSSR count). The molecule has 188 valence electrons. The fourth-order valence-corrected chi connectivity index (χ4v) is 4.56. The number of aromatic nitrogens is 2. The molecule has 0 spiro atoms. The number of nitrogens with zero attached hydrogens (tertiary/aromatic N) is 2. The number of phenols is 1. The van der Waals surface area contributed by atoms with E-state index in [9.17, 15) is 14.3 Å². The Hall–Kier alpha value is -3.67. The number of imidazole rings is 1. The first-order valence-electron chi connectivity index (χ1n) is 12.2. The second-order valence-corrected chi connectivity index (χ2v) is 11.5. The van der Waals surface area contributed by atoms with Crippen molar-refractivity contribution >= 4 is 16.8 Å². The van der Waals surface area contributed by atoms with Crippen LogP contribution in [0.2, 0.25) is 0 Å². The fraction of sp³-hybridized carbons (Fsp3) is 0.333. The molecule has 0 aliphatic carbocycles. The van der Waals surface area contributed by atoms with Crippen LogP contribution in [0.1, 0.15) is 68.6 Å². The van der Waals surface area contributed by atoms with Crippen LogP contribution in [0.5, 0.6) is 5.75 Å². The zero-order valence-corrected chi connectivity index (χ0v) is 21.8. The third kappa shape index (κ3) is 4.85. The number of benzene rings is 3. The van der Waals surface area contributed by atoms with Gasteiger partial charge in [0.25, 0.3) is 0 Å². The highest BCUT2D eigenvalue weighted by Gasteiger charge is 2.28. The Balaban J connectivity index is 1.79. The Morgan fingerprint density at radius 3 is 1.86 bits per heavy atom. The van der Waals surface area contributed by atoms with Gasteiger partial charge in [-0.1, -0.05) is 65.8 Å². The number of para-hydroxylation sites is 2. The van der Waals surface area contributed by atoms with E-state index >= 15 is 0 Å². The highest BCUT2D eigenvalue weighted by Crippen LogP contribution is 2.40. The van der Waals surface area contributed by atoms with Gasteiger partial charge in [-0.2, -0.15) is 0 Å². The molecule has 0 saturated carbocycles. The average Bonchev–Trinajstić information content (AvgIpc) is 3.05. The Morgan fingerprint density at radius 2 is 1.36 bits per heavy atom. The van der Waals surface area contributed by atoms with Crippen molar-refractivity contribution < 1.29 is 14.3 Å². The van der Waals surface area contributed by atoms with Gasteiger partial charge in [0.15, 0.2) is 5.78 Å². The number of Topliss-reactive ketones (excluding diaryl/α,β-unsaturated/α-hetero) is 1. The number of fused-ring (bicyclic) bond motifs is 1. The van der Waals surface area contributed by atoms with Crippen molar-refractivity contribution in [3.05, 3.63) is 94.4 Å². The van der Waals surface area contributed by atoms with E-state index in [2.05, 4.69) is 0 Å².